The smallest absolute Gasteiger partial charge is 0.220 e. The Morgan fingerprint density at radius 2 is 1.82 bits per heavy atom. The molecule has 2 saturated heterocycles. The van der Waals surface area contributed by atoms with E-state index in [2.05, 4.69) is 61.6 Å². The van der Waals surface area contributed by atoms with Crippen LogP contribution in [0.1, 0.15) is 38.2 Å². The highest BCUT2D eigenvalue weighted by Gasteiger charge is 2.21. The molecule has 178 valence electrons. The quantitative estimate of drug-likeness (QED) is 0.605. The Morgan fingerprint density at radius 3 is 2.55 bits per heavy atom. The van der Waals surface area contributed by atoms with Crippen LogP contribution < -0.4 is 20.4 Å². The Kier molecular flexibility index (Phi) is 8.35. The maximum Gasteiger partial charge on any atom is 0.220 e. The van der Waals surface area contributed by atoms with E-state index >= 15 is 0 Å². The van der Waals surface area contributed by atoms with Crippen LogP contribution in [-0.2, 0) is 16.1 Å². The third-order valence-electron chi connectivity index (χ3n) is 6.53. The summed E-state index contributed by atoms with van der Waals surface area (Å²) in [6.45, 7) is 8.89. The molecule has 1 amide bonds. The van der Waals surface area contributed by atoms with Gasteiger partial charge in [-0.25, -0.2) is 9.97 Å². The van der Waals surface area contributed by atoms with Crippen LogP contribution >= 0.6 is 0 Å². The molecule has 2 fully saturated rings. The topological polar surface area (TPSA) is 82.6 Å². The Balaban J connectivity index is 1.15. The summed E-state index contributed by atoms with van der Waals surface area (Å²) in [7, 11) is 0. The largest absolute Gasteiger partial charge is 0.378 e. The summed E-state index contributed by atoms with van der Waals surface area (Å²) in [5, 5.41) is 6.32. The lowest BCUT2D eigenvalue weighted by molar-refractivity contribution is -0.121. The van der Waals surface area contributed by atoms with Gasteiger partial charge in [-0.2, -0.15) is 0 Å². The number of carbonyl (C=O) groups is 1. The first-order valence-electron chi connectivity index (χ1n) is 12.2. The molecule has 1 aromatic carbocycles. The number of ether oxygens (including phenoxy) is 1. The Labute approximate surface area is 196 Å². The van der Waals surface area contributed by atoms with Crippen LogP contribution in [0, 0.1) is 5.92 Å². The first-order chi connectivity index (χ1) is 16.2. The lowest BCUT2D eigenvalue weighted by Gasteiger charge is -2.32. The first-order valence-corrected chi connectivity index (χ1v) is 12.2. The molecule has 2 N–H and O–H groups in total. The minimum absolute atomic E-state index is 0.140. The van der Waals surface area contributed by atoms with E-state index in [1.807, 2.05) is 6.07 Å². The van der Waals surface area contributed by atoms with Crippen LogP contribution in [0.25, 0.3) is 0 Å². The van der Waals surface area contributed by atoms with Crippen LogP contribution in [-0.4, -0.2) is 61.8 Å². The SMILES string of the molecule is CCNc1cc(N2CCC(CCC(=O)NCc3ccc(N4CCOCC4)cc3)CC2)ncn1. The summed E-state index contributed by atoms with van der Waals surface area (Å²) in [6, 6.07) is 10.5. The van der Waals surface area contributed by atoms with Gasteiger partial charge in [0, 0.05) is 57.4 Å². The maximum atomic E-state index is 12.4. The van der Waals surface area contributed by atoms with Crippen molar-refractivity contribution >= 4 is 23.2 Å². The molecular weight excluding hydrogens is 416 g/mol. The summed E-state index contributed by atoms with van der Waals surface area (Å²) < 4.78 is 5.42. The second-order valence-electron chi connectivity index (χ2n) is 8.80. The van der Waals surface area contributed by atoms with Gasteiger partial charge in [0.2, 0.25) is 5.91 Å². The zero-order valence-electron chi connectivity index (χ0n) is 19.6. The Hall–Kier alpha value is -2.87. The number of benzene rings is 1. The van der Waals surface area contributed by atoms with Crippen molar-refractivity contribution in [2.24, 2.45) is 5.92 Å². The average molecular weight is 453 g/mol. The van der Waals surface area contributed by atoms with Crippen molar-refractivity contribution in [2.75, 3.05) is 61.1 Å². The fraction of sp³-hybridized carbons (Fsp3) is 0.560. The average Bonchev–Trinajstić information content (AvgIpc) is 2.88. The van der Waals surface area contributed by atoms with Crippen molar-refractivity contribution in [2.45, 2.75) is 39.2 Å². The van der Waals surface area contributed by atoms with E-state index < -0.39 is 0 Å². The van der Waals surface area contributed by atoms with Crippen molar-refractivity contribution in [1.82, 2.24) is 15.3 Å². The highest BCUT2D eigenvalue weighted by Crippen LogP contribution is 2.25. The van der Waals surface area contributed by atoms with Gasteiger partial charge >= 0.3 is 0 Å². The van der Waals surface area contributed by atoms with E-state index in [9.17, 15) is 4.79 Å². The third kappa shape index (κ3) is 6.81. The van der Waals surface area contributed by atoms with Gasteiger partial charge in [0.15, 0.2) is 0 Å². The summed E-state index contributed by atoms with van der Waals surface area (Å²) in [4.78, 5) is 25.7. The van der Waals surface area contributed by atoms with E-state index in [1.165, 1.54) is 5.69 Å². The van der Waals surface area contributed by atoms with Crippen LogP contribution in [0.5, 0.6) is 0 Å². The van der Waals surface area contributed by atoms with Gasteiger partial charge in [0.1, 0.15) is 18.0 Å². The van der Waals surface area contributed by atoms with Crippen LogP contribution in [0.15, 0.2) is 36.7 Å². The van der Waals surface area contributed by atoms with Gasteiger partial charge in [-0.15, -0.1) is 0 Å². The first kappa shape index (κ1) is 23.3. The van der Waals surface area contributed by atoms with Crippen LogP contribution in [0.2, 0.25) is 0 Å². The number of morpholine rings is 1. The molecular formula is C25H36N6O2. The van der Waals surface area contributed by atoms with Crippen molar-refractivity contribution in [1.29, 1.82) is 0 Å². The zero-order valence-corrected chi connectivity index (χ0v) is 19.6. The number of hydrogen-bond acceptors (Lipinski definition) is 7. The fourth-order valence-corrected chi connectivity index (χ4v) is 4.52. The predicted molar refractivity (Wildman–Crippen MR) is 132 cm³/mol. The van der Waals surface area contributed by atoms with Gasteiger partial charge in [0.25, 0.3) is 0 Å². The van der Waals surface area contributed by atoms with E-state index in [1.54, 1.807) is 6.33 Å². The molecule has 4 rings (SSSR count). The molecule has 33 heavy (non-hydrogen) atoms. The molecule has 0 saturated carbocycles. The van der Waals surface area contributed by atoms with E-state index in [-0.39, 0.29) is 5.91 Å². The second-order valence-corrected chi connectivity index (χ2v) is 8.80. The summed E-state index contributed by atoms with van der Waals surface area (Å²) >= 11 is 0. The van der Waals surface area contributed by atoms with E-state index in [0.29, 0.717) is 18.9 Å². The molecule has 0 radical (unpaired) electrons. The fourth-order valence-electron chi connectivity index (χ4n) is 4.52. The monoisotopic (exact) mass is 452 g/mol. The molecule has 0 atom stereocenters. The van der Waals surface area contributed by atoms with Gasteiger partial charge in [-0.1, -0.05) is 12.1 Å². The minimum Gasteiger partial charge on any atom is -0.378 e. The predicted octanol–water partition coefficient (Wildman–Crippen LogP) is 3.06. The summed E-state index contributed by atoms with van der Waals surface area (Å²) in [5.41, 5.74) is 2.36. The van der Waals surface area contributed by atoms with Crippen LogP contribution in [0.3, 0.4) is 0 Å². The second kappa shape index (κ2) is 11.8. The number of nitrogens with one attached hydrogen (secondary N) is 2. The lowest BCUT2D eigenvalue weighted by Crippen LogP contribution is -2.36. The van der Waals surface area contributed by atoms with E-state index in [0.717, 1.165) is 82.4 Å². The molecule has 2 aliphatic rings. The van der Waals surface area contributed by atoms with Gasteiger partial charge in [0.05, 0.1) is 13.2 Å². The highest BCUT2D eigenvalue weighted by molar-refractivity contribution is 5.75. The lowest BCUT2D eigenvalue weighted by atomic mass is 9.92. The molecule has 2 aliphatic heterocycles. The molecule has 2 aromatic rings. The highest BCUT2D eigenvalue weighted by atomic mass is 16.5. The van der Waals surface area contributed by atoms with Gasteiger partial charge < -0.3 is 25.2 Å². The number of amides is 1. The summed E-state index contributed by atoms with van der Waals surface area (Å²) in [6.07, 6.45) is 5.35. The molecule has 0 unspecified atom stereocenters. The van der Waals surface area contributed by atoms with Gasteiger partial charge in [-0.05, 0) is 49.8 Å². The van der Waals surface area contributed by atoms with E-state index in [4.69, 9.17) is 4.74 Å². The maximum absolute atomic E-state index is 12.4. The van der Waals surface area contributed by atoms with Crippen LogP contribution in [0.4, 0.5) is 17.3 Å². The molecule has 8 nitrogen and oxygen atoms in total. The summed E-state index contributed by atoms with van der Waals surface area (Å²) in [5.74, 6) is 2.59. The van der Waals surface area contributed by atoms with Crippen molar-refractivity contribution in [3.63, 3.8) is 0 Å². The molecule has 1 aromatic heterocycles. The Morgan fingerprint density at radius 1 is 1.06 bits per heavy atom. The Bertz CT molecular complexity index is 877. The molecule has 8 heteroatoms. The minimum atomic E-state index is 0.140. The third-order valence-corrected chi connectivity index (χ3v) is 6.53. The number of piperidine rings is 1. The number of rotatable bonds is 9. The molecule has 0 spiro atoms. The number of anilines is 3. The standard InChI is InChI=1S/C25H36N6O2/c1-2-26-23-17-24(29-19-28-23)31-11-9-20(10-12-31)5-8-25(32)27-18-21-3-6-22(7-4-21)30-13-15-33-16-14-30/h3-4,6-7,17,19-20H,2,5,8-16,18H2,1H3,(H,27,32)(H,26,28,29). The molecule has 3 heterocycles. The number of nitrogens with zero attached hydrogens (tertiary/aromatic N) is 4. The van der Waals surface area contributed by atoms with Crippen molar-refractivity contribution in [3.05, 3.63) is 42.2 Å². The normalized spacial score (nSPS) is 17.1. The number of carbonyl (C=O) groups excluding carboxylic acids is 1. The van der Waals surface area contributed by atoms with Crippen molar-refractivity contribution < 1.29 is 9.53 Å². The zero-order chi connectivity index (χ0) is 22.9. The number of aromatic nitrogens is 2. The van der Waals surface area contributed by atoms with Gasteiger partial charge in [-0.3, -0.25) is 4.79 Å². The molecule has 0 bridgehead atoms. The molecule has 0 aliphatic carbocycles. The number of hydrogen-bond donors (Lipinski definition) is 2. The van der Waals surface area contributed by atoms with Crippen molar-refractivity contribution in [3.8, 4) is 0 Å².